The number of nitrogens with two attached hydrogens (primary N) is 1. The molecule has 0 amide bonds. The number of rotatable bonds is 3. The zero-order chi connectivity index (χ0) is 11.7. The second-order valence-corrected chi connectivity index (χ2v) is 5.14. The minimum Gasteiger partial charge on any atom is -0.369 e. The van der Waals surface area contributed by atoms with Crippen LogP contribution in [0.15, 0.2) is 17.0 Å². The maximum atomic E-state index is 13.6. The van der Waals surface area contributed by atoms with Crippen molar-refractivity contribution in [1.29, 1.82) is 0 Å². The number of nitrogens with zero attached hydrogens (tertiary/aromatic N) is 1. The van der Waals surface area contributed by atoms with Gasteiger partial charge in [0, 0.05) is 29.7 Å². The minimum atomic E-state index is -0.103. The highest BCUT2D eigenvalue weighted by molar-refractivity contribution is 7.98. The van der Waals surface area contributed by atoms with E-state index in [1.165, 1.54) is 11.8 Å². The molecule has 0 saturated heterocycles. The number of anilines is 1. The summed E-state index contributed by atoms with van der Waals surface area (Å²) in [4.78, 5) is 2.97. The van der Waals surface area contributed by atoms with Crippen molar-refractivity contribution in [1.82, 2.24) is 0 Å². The Morgan fingerprint density at radius 3 is 2.94 bits per heavy atom. The van der Waals surface area contributed by atoms with Gasteiger partial charge < -0.3 is 10.6 Å². The highest BCUT2D eigenvalue weighted by Crippen LogP contribution is 2.33. The predicted molar refractivity (Wildman–Crippen MR) is 67.7 cm³/mol. The maximum Gasteiger partial charge on any atom is 0.137 e. The fourth-order valence-corrected chi connectivity index (χ4v) is 2.63. The zero-order valence-corrected chi connectivity index (χ0v) is 10.5. The lowest BCUT2D eigenvalue weighted by atomic mass is 10.1. The monoisotopic (exact) mass is 240 g/mol. The Bertz CT molecular complexity index is 393. The third-order valence-electron chi connectivity index (χ3n) is 2.85. The molecule has 1 aromatic carbocycles. The molecule has 1 atom stereocenters. The van der Waals surface area contributed by atoms with Gasteiger partial charge in [0.1, 0.15) is 5.82 Å². The second kappa shape index (κ2) is 4.63. The fraction of sp³-hybridized carbons (Fsp3) is 0.500. The molecule has 1 aliphatic rings. The molecular weight excluding hydrogens is 223 g/mol. The highest BCUT2D eigenvalue weighted by atomic mass is 32.2. The molecule has 0 fully saturated rings. The molecule has 0 unspecified atom stereocenters. The first-order chi connectivity index (χ1) is 7.61. The summed E-state index contributed by atoms with van der Waals surface area (Å²) < 4.78 is 13.6. The first kappa shape index (κ1) is 11.7. The Morgan fingerprint density at radius 1 is 1.56 bits per heavy atom. The van der Waals surface area contributed by atoms with E-state index in [4.69, 9.17) is 5.73 Å². The quantitative estimate of drug-likeness (QED) is 0.822. The first-order valence-corrected chi connectivity index (χ1v) is 6.71. The van der Waals surface area contributed by atoms with Gasteiger partial charge in [0.25, 0.3) is 0 Å². The van der Waals surface area contributed by atoms with Gasteiger partial charge in [0.05, 0.1) is 0 Å². The van der Waals surface area contributed by atoms with Crippen molar-refractivity contribution in [3.63, 3.8) is 0 Å². The van der Waals surface area contributed by atoms with Gasteiger partial charge in [-0.25, -0.2) is 4.39 Å². The average Bonchev–Trinajstić information content (AvgIpc) is 2.59. The lowest BCUT2D eigenvalue weighted by Crippen LogP contribution is -2.34. The lowest BCUT2D eigenvalue weighted by Gasteiger charge is -2.22. The summed E-state index contributed by atoms with van der Waals surface area (Å²) in [6, 6.07) is 3.77. The molecule has 16 heavy (non-hydrogen) atoms. The number of hydrogen-bond donors (Lipinski definition) is 1. The normalized spacial score (nSPS) is 16.4. The van der Waals surface area contributed by atoms with Crippen molar-refractivity contribution < 1.29 is 4.39 Å². The van der Waals surface area contributed by atoms with Gasteiger partial charge >= 0.3 is 0 Å². The summed E-state index contributed by atoms with van der Waals surface area (Å²) in [6.07, 6.45) is 2.82. The van der Waals surface area contributed by atoms with Gasteiger partial charge in [-0.05, 0) is 37.3 Å². The van der Waals surface area contributed by atoms with Crippen LogP contribution in [0, 0.1) is 5.82 Å². The number of thioether (sulfide) groups is 1. The average molecular weight is 240 g/mol. The van der Waals surface area contributed by atoms with Gasteiger partial charge in [-0.2, -0.15) is 0 Å². The van der Waals surface area contributed by atoms with Crippen LogP contribution in [0.3, 0.4) is 0 Å². The van der Waals surface area contributed by atoms with E-state index in [-0.39, 0.29) is 11.9 Å². The molecule has 1 aromatic rings. The van der Waals surface area contributed by atoms with Crippen LogP contribution in [0.1, 0.15) is 12.5 Å². The van der Waals surface area contributed by atoms with Crippen LogP contribution in [-0.2, 0) is 6.42 Å². The maximum absolute atomic E-state index is 13.6. The largest absolute Gasteiger partial charge is 0.369 e. The van der Waals surface area contributed by atoms with Gasteiger partial charge in [-0.1, -0.05) is 0 Å². The summed E-state index contributed by atoms with van der Waals surface area (Å²) in [6.45, 7) is 3.79. The van der Waals surface area contributed by atoms with Crippen LogP contribution in [0.4, 0.5) is 10.1 Å². The van der Waals surface area contributed by atoms with E-state index in [0.717, 1.165) is 35.7 Å². The SMILES string of the molecule is CSc1cc2c(cc1F)CCN2C[C@H](C)N. The summed E-state index contributed by atoms with van der Waals surface area (Å²) in [5, 5.41) is 0. The van der Waals surface area contributed by atoms with Crippen molar-refractivity contribution in [3.8, 4) is 0 Å². The zero-order valence-electron chi connectivity index (χ0n) is 9.66. The Morgan fingerprint density at radius 2 is 2.31 bits per heavy atom. The molecule has 2 N–H and O–H groups in total. The molecule has 0 aliphatic carbocycles. The Labute approximate surface area is 100 Å². The third kappa shape index (κ3) is 2.18. The predicted octanol–water partition coefficient (Wildman–Crippen LogP) is 2.26. The molecule has 2 nitrogen and oxygen atoms in total. The molecule has 88 valence electrons. The van der Waals surface area contributed by atoms with Crippen LogP contribution in [0.2, 0.25) is 0 Å². The van der Waals surface area contributed by atoms with Gasteiger partial charge in [0.2, 0.25) is 0 Å². The molecule has 1 aliphatic heterocycles. The first-order valence-electron chi connectivity index (χ1n) is 5.48. The van der Waals surface area contributed by atoms with Crippen molar-refractivity contribution in [2.24, 2.45) is 5.73 Å². The number of halogens is 1. The highest BCUT2D eigenvalue weighted by Gasteiger charge is 2.21. The van der Waals surface area contributed by atoms with E-state index < -0.39 is 0 Å². The van der Waals surface area contributed by atoms with Crippen molar-refractivity contribution in [3.05, 3.63) is 23.5 Å². The van der Waals surface area contributed by atoms with Crippen molar-refractivity contribution in [2.75, 3.05) is 24.2 Å². The molecule has 0 aromatic heterocycles. The van der Waals surface area contributed by atoms with E-state index in [0.29, 0.717) is 0 Å². The van der Waals surface area contributed by atoms with Crippen LogP contribution in [-0.4, -0.2) is 25.4 Å². The van der Waals surface area contributed by atoms with Crippen molar-refractivity contribution in [2.45, 2.75) is 24.3 Å². The lowest BCUT2D eigenvalue weighted by molar-refractivity contribution is 0.601. The minimum absolute atomic E-state index is 0.103. The topological polar surface area (TPSA) is 29.3 Å². The molecule has 2 rings (SSSR count). The van der Waals surface area contributed by atoms with Crippen LogP contribution in [0.25, 0.3) is 0 Å². The number of fused-ring (bicyclic) bond motifs is 1. The summed E-state index contributed by atoms with van der Waals surface area (Å²) in [5.41, 5.74) is 8.07. The standard InChI is InChI=1S/C12H17FN2S/c1-8(14)7-15-4-3-9-5-10(13)12(16-2)6-11(9)15/h5-6,8H,3-4,7,14H2,1-2H3/t8-/m0/s1. The van der Waals surface area contributed by atoms with Crippen molar-refractivity contribution >= 4 is 17.4 Å². The van der Waals surface area contributed by atoms with Gasteiger partial charge in [0.15, 0.2) is 0 Å². The van der Waals surface area contributed by atoms with Crippen LogP contribution >= 0.6 is 11.8 Å². The molecule has 0 spiro atoms. The van der Waals surface area contributed by atoms with Crippen LogP contribution in [0.5, 0.6) is 0 Å². The second-order valence-electron chi connectivity index (χ2n) is 4.29. The summed E-state index contributed by atoms with van der Waals surface area (Å²) in [7, 11) is 0. The number of benzene rings is 1. The third-order valence-corrected chi connectivity index (χ3v) is 3.61. The van der Waals surface area contributed by atoms with Gasteiger partial charge in [-0.15, -0.1) is 11.8 Å². The molecule has 0 saturated carbocycles. The Hall–Kier alpha value is -0.740. The molecule has 1 heterocycles. The van der Waals surface area contributed by atoms with E-state index in [9.17, 15) is 4.39 Å². The number of hydrogen-bond acceptors (Lipinski definition) is 3. The van der Waals surface area contributed by atoms with Gasteiger partial charge in [-0.3, -0.25) is 0 Å². The summed E-state index contributed by atoms with van der Waals surface area (Å²) >= 11 is 1.45. The molecular formula is C12H17FN2S. The fourth-order valence-electron chi connectivity index (χ4n) is 2.15. The van der Waals surface area contributed by atoms with E-state index >= 15 is 0 Å². The van der Waals surface area contributed by atoms with Crippen LogP contribution < -0.4 is 10.6 Å². The van der Waals surface area contributed by atoms with E-state index in [1.807, 2.05) is 19.2 Å². The Kier molecular flexibility index (Phi) is 3.40. The van der Waals surface area contributed by atoms with E-state index in [1.54, 1.807) is 6.07 Å². The molecule has 0 bridgehead atoms. The molecule has 0 radical (unpaired) electrons. The molecule has 4 heteroatoms. The Balaban J connectivity index is 2.31. The summed E-state index contributed by atoms with van der Waals surface area (Å²) in [5.74, 6) is -0.103. The van der Waals surface area contributed by atoms with E-state index in [2.05, 4.69) is 4.90 Å². The smallest absolute Gasteiger partial charge is 0.137 e.